The summed E-state index contributed by atoms with van der Waals surface area (Å²) in [5, 5.41) is 18.9. The van der Waals surface area contributed by atoms with Gasteiger partial charge in [0, 0.05) is 12.7 Å². The first kappa shape index (κ1) is 29.2. The summed E-state index contributed by atoms with van der Waals surface area (Å²) in [6.07, 6.45) is 3.19. The number of aliphatic hydroxyl groups is 1. The molecule has 0 saturated carbocycles. The number of amides is 3. The number of aromatic nitrogens is 1. The highest BCUT2D eigenvalue weighted by Gasteiger charge is 2.29. The maximum atomic E-state index is 12.9. The Labute approximate surface area is 215 Å². The van der Waals surface area contributed by atoms with E-state index in [1.165, 1.54) is 30.8 Å². The zero-order valence-corrected chi connectivity index (χ0v) is 21.8. The molecule has 36 heavy (non-hydrogen) atoms. The minimum absolute atomic E-state index is 0.00451. The number of ether oxygens (including phenoxy) is 1. The average Bonchev–Trinajstić information content (AvgIpc) is 2.83. The molecule has 4 N–H and O–H groups in total. The van der Waals surface area contributed by atoms with Crippen LogP contribution in [0.3, 0.4) is 0 Å². The predicted octanol–water partition coefficient (Wildman–Crippen LogP) is 1.81. The Bertz CT molecular complexity index is 1010. The number of allylic oxidation sites excluding steroid dienone is 2. The molecule has 10 nitrogen and oxygen atoms in total. The van der Waals surface area contributed by atoms with Crippen LogP contribution in [0.2, 0.25) is 0 Å². The van der Waals surface area contributed by atoms with Crippen LogP contribution in [0.15, 0.2) is 42.1 Å². The maximum Gasteiger partial charge on any atom is 0.274 e. The smallest absolute Gasteiger partial charge is 0.274 e. The zero-order chi connectivity index (χ0) is 26.7. The first-order valence-corrected chi connectivity index (χ1v) is 12.7. The van der Waals surface area contributed by atoms with Crippen molar-refractivity contribution in [3.8, 4) is 0 Å². The van der Waals surface area contributed by atoms with E-state index in [2.05, 4.69) is 20.9 Å². The molecule has 3 atom stereocenters. The normalized spacial score (nSPS) is 23.4. The number of fused-ring (bicyclic) bond motifs is 2. The molecule has 1 aromatic rings. The Morgan fingerprint density at radius 3 is 2.69 bits per heavy atom. The molecular weight excluding hydrogens is 484 g/mol. The van der Waals surface area contributed by atoms with Gasteiger partial charge in [-0.3, -0.25) is 19.2 Å². The Kier molecular flexibility index (Phi) is 11.8. The van der Waals surface area contributed by atoms with E-state index in [1.54, 1.807) is 45.1 Å². The third-order valence-corrected chi connectivity index (χ3v) is 6.10. The fraction of sp³-hybridized carbons (Fsp3) is 0.480. The van der Waals surface area contributed by atoms with Gasteiger partial charge in [0.05, 0.1) is 30.8 Å². The van der Waals surface area contributed by atoms with Gasteiger partial charge in [-0.25, -0.2) is 4.98 Å². The van der Waals surface area contributed by atoms with Crippen LogP contribution in [0.25, 0.3) is 0 Å². The predicted molar refractivity (Wildman–Crippen MR) is 136 cm³/mol. The van der Waals surface area contributed by atoms with Crippen molar-refractivity contribution in [2.45, 2.75) is 65.5 Å². The minimum Gasteiger partial charge on any atom is -0.366 e. The van der Waals surface area contributed by atoms with Gasteiger partial charge in [0.2, 0.25) is 5.91 Å². The summed E-state index contributed by atoms with van der Waals surface area (Å²) in [5.74, 6) is -1.18. The van der Waals surface area contributed by atoms with E-state index >= 15 is 0 Å². The second kappa shape index (κ2) is 14.5. The molecule has 0 spiro atoms. The second-order valence-corrected chi connectivity index (χ2v) is 9.79. The van der Waals surface area contributed by atoms with Crippen LogP contribution in [-0.4, -0.2) is 57.1 Å². The molecule has 1 aliphatic rings. The molecule has 0 fully saturated rings. The molecule has 1 unspecified atom stereocenters. The topological polar surface area (TPSA) is 147 Å². The standard InChI is InChI=1S/C25H34N4O6S/c1-5-19-23(32)29-22(15(2)3)25(34)35-18(10-6-7-12-36-16(4)30)13-21(31)26-14-17-9-8-11-20(27-17)24(33)28-19/h5-6,8-11,15,18,22,25,34H,7,12-14H2,1-4H3,(H,26,31)(H,28,33)(H,29,32)/b10-6+,19-5-/t18-,22+,25?/m1/s1. The lowest BCUT2D eigenvalue weighted by atomic mass is 10.0. The SMILES string of the molecule is C/C=C1\NC(=O)c2cccc(n2)CNC(=O)C[C@@H](/C=C/CCSC(C)=O)OC(O)[C@H](C(C)C)NC1=O. The molecule has 0 aromatic carbocycles. The van der Waals surface area contributed by atoms with Crippen LogP contribution < -0.4 is 16.0 Å². The fourth-order valence-electron chi connectivity index (χ4n) is 3.34. The Morgan fingerprint density at radius 2 is 2.03 bits per heavy atom. The third-order valence-electron chi connectivity index (χ3n) is 5.25. The summed E-state index contributed by atoms with van der Waals surface area (Å²) in [6.45, 7) is 6.79. The van der Waals surface area contributed by atoms with E-state index in [0.29, 0.717) is 17.9 Å². The van der Waals surface area contributed by atoms with Crippen molar-refractivity contribution in [1.82, 2.24) is 20.9 Å². The van der Waals surface area contributed by atoms with Crippen LogP contribution in [0.4, 0.5) is 0 Å². The third kappa shape index (κ3) is 9.56. The maximum absolute atomic E-state index is 12.9. The van der Waals surface area contributed by atoms with E-state index in [9.17, 15) is 24.3 Å². The highest BCUT2D eigenvalue weighted by Crippen LogP contribution is 2.15. The van der Waals surface area contributed by atoms with Crippen molar-refractivity contribution in [2.24, 2.45) is 5.92 Å². The highest BCUT2D eigenvalue weighted by molar-refractivity contribution is 8.13. The Hall–Kier alpha value is -3.02. The van der Waals surface area contributed by atoms with Crippen LogP contribution in [-0.2, 0) is 25.7 Å². The van der Waals surface area contributed by atoms with Crippen molar-refractivity contribution >= 4 is 34.6 Å². The molecule has 0 saturated heterocycles. The van der Waals surface area contributed by atoms with E-state index < -0.39 is 30.3 Å². The van der Waals surface area contributed by atoms with Gasteiger partial charge in [0.25, 0.3) is 11.8 Å². The highest BCUT2D eigenvalue weighted by atomic mass is 32.2. The van der Waals surface area contributed by atoms with Gasteiger partial charge in [0.15, 0.2) is 11.4 Å². The van der Waals surface area contributed by atoms with Crippen molar-refractivity contribution < 1.29 is 29.0 Å². The van der Waals surface area contributed by atoms with Crippen LogP contribution >= 0.6 is 11.8 Å². The van der Waals surface area contributed by atoms with Gasteiger partial charge in [-0.1, -0.05) is 49.9 Å². The van der Waals surface area contributed by atoms with E-state index in [0.717, 1.165) is 0 Å². The summed E-state index contributed by atoms with van der Waals surface area (Å²) in [6, 6.07) is 3.99. The monoisotopic (exact) mass is 518 g/mol. The molecule has 2 bridgehead atoms. The van der Waals surface area contributed by atoms with Gasteiger partial charge < -0.3 is 25.8 Å². The molecule has 196 valence electrons. The summed E-state index contributed by atoms with van der Waals surface area (Å²) in [7, 11) is 0. The summed E-state index contributed by atoms with van der Waals surface area (Å²) >= 11 is 1.19. The molecule has 3 amide bonds. The summed E-state index contributed by atoms with van der Waals surface area (Å²) < 4.78 is 5.80. The Balaban J connectivity index is 2.32. The molecule has 0 aliphatic carbocycles. The van der Waals surface area contributed by atoms with Gasteiger partial charge >= 0.3 is 0 Å². The number of pyridine rings is 1. The number of rotatable bonds is 5. The number of nitrogens with zero attached hydrogens (tertiary/aromatic N) is 1. The van der Waals surface area contributed by atoms with Gasteiger partial charge in [-0.05, 0) is 31.4 Å². The Morgan fingerprint density at radius 1 is 1.28 bits per heavy atom. The van der Waals surface area contributed by atoms with Crippen molar-refractivity contribution in [3.63, 3.8) is 0 Å². The molecule has 0 radical (unpaired) electrons. The molecule has 2 heterocycles. The van der Waals surface area contributed by atoms with Gasteiger partial charge in [-0.15, -0.1) is 0 Å². The summed E-state index contributed by atoms with van der Waals surface area (Å²) in [5.41, 5.74) is 0.558. The largest absolute Gasteiger partial charge is 0.366 e. The number of hydrogen-bond acceptors (Lipinski definition) is 8. The number of nitrogens with one attached hydrogen (secondary N) is 3. The lowest BCUT2D eigenvalue weighted by Crippen LogP contribution is -2.50. The van der Waals surface area contributed by atoms with E-state index in [4.69, 9.17) is 4.74 Å². The van der Waals surface area contributed by atoms with Crippen LogP contribution in [0, 0.1) is 5.92 Å². The van der Waals surface area contributed by atoms with E-state index in [-0.39, 0.29) is 41.3 Å². The van der Waals surface area contributed by atoms with Gasteiger partial charge in [-0.2, -0.15) is 0 Å². The fourth-order valence-corrected chi connectivity index (χ4v) is 3.88. The van der Waals surface area contributed by atoms with Crippen molar-refractivity contribution in [1.29, 1.82) is 0 Å². The van der Waals surface area contributed by atoms with Crippen LogP contribution in [0.5, 0.6) is 0 Å². The molecule has 1 aliphatic heterocycles. The minimum atomic E-state index is -1.43. The molecular formula is C25H34N4O6S. The number of aliphatic hydroxyl groups excluding tert-OH is 1. The first-order chi connectivity index (χ1) is 17.1. The number of thioether (sulfide) groups is 1. The quantitative estimate of drug-likeness (QED) is 0.262. The molecule has 1 aromatic heterocycles. The van der Waals surface area contributed by atoms with Crippen molar-refractivity contribution in [3.05, 3.63) is 53.5 Å². The second-order valence-electron chi connectivity index (χ2n) is 8.52. The molecule has 11 heteroatoms. The lowest BCUT2D eigenvalue weighted by Gasteiger charge is -2.30. The van der Waals surface area contributed by atoms with E-state index in [1.807, 2.05) is 0 Å². The number of hydrogen-bond donors (Lipinski definition) is 4. The lowest BCUT2D eigenvalue weighted by molar-refractivity contribution is -0.157. The van der Waals surface area contributed by atoms with Crippen molar-refractivity contribution in [2.75, 3.05) is 5.75 Å². The number of carbonyl (C=O) groups excluding carboxylic acids is 4. The molecule has 2 rings (SSSR count). The average molecular weight is 519 g/mol. The first-order valence-electron chi connectivity index (χ1n) is 11.8. The summed E-state index contributed by atoms with van der Waals surface area (Å²) in [4.78, 5) is 53.6. The van der Waals surface area contributed by atoms with Gasteiger partial charge in [0.1, 0.15) is 11.4 Å². The van der Waals surface area contributed by atoms with Crippen LogP contribution in [0.1, 0.15) is 56.7 Å². The number of carbonyl (C=O) groups is 4. The zero-order valence-electron chi connectivity index (χ0n) is 20.9.